The summed E-state index contributed by atoms with van der Waals surface area (Å²) in [4.78, 5) is 12.0. The summed E-state index contributed by atoms with van der Waals surface area (Å²) in [7, 11) is 1.88. The first-order valence-corrected chi connectivity index (χ1v) is 11.3. The lowest BCUT2D eigenvalue weighted by Gasteiger charge is -2.09. The van der Waals surface area contributed by atoms with Gasteiger partial charge in [0.15, 0.2) is 11.0 Å². The smallest absolute Gasteiger partial charge is 0.336 e. The maximum atomic E-state index is 12.0. The van der Waals surface area contributed by atoms with E-state index in [2.05, 4.69) is 10.2 Å². The number of halogens is 2. The zero-order chi connectivity index (χ0) is 22.0. The fourth-order valence-corrected chi connectivity index (χ4v) is 4.44. The summed E-state index contributed by atoms with van der Waals surface area (Å²) < 4.78 is 13.0. The van der Waals surface area contributed by atoms with Gasteiger partial charge in [-0.1, -0.05) is 41.9 Å². The number of thioether (sulfide) groups is 1. The molecule has 160 valence electrons. The van der Waals surface area contributed by atoms with Crippen LogP contribution in [0.1, 0.15) is 23.9 Å². The van der Waals surface area contributed by atoms with Crippen molar-refractivity contribution in [2.45, 2.75) is 30.9 Å². The van der Waals surface area contributed by atoms with E-state index >= 15 is 0 Å². The van der Waals surface area contributed by atoms with Crippen molar-refractivity contribution in [3.63, 3.8) is 0 Å². The largest absolute Gasteiger partial charge is 0.486 e. The molecule has 6 nitrogen and oxygen atoms in total. The SMILES string of the molecule is CCc1cc2oc(=O)cc(CSc3nnc(COc4ccc(Cl)cc4)n3C)c2cc1Cl. The molecule has 0 amide bonds. The molecule has 0 fully saturated rings. The normalized spacial score (nSPS) is 11.2. The lowest BCUT2D eigenvalue weighted by Crippen LogP contribution is -2.04. The van der Waals surface area contributed by atoms with E-state index in [1.807, 2.05) is 30.7 Å². The molecule has 0 aliphatic heterocycles. The van der Waals surface area contributed by atoms with E-state index in [9.17, 15) is 4.79 Å². The molecule has 2 aromatic carbocycles. The Morgan fingerprint density at radius 3 is 2.61 bits per heavy atom. The highest BCUT2D eigenvalue weighted by Crippen LogP contribution is 2.30. The van der Waals surface area contributed by atoms with E-state index in [0.29, 0.717) is 38.1 Å². The number of rotatable bonds is 7. The molecule has 0 aliphatic carbocycles. The fraction of sp³-hybridized carbons (Fsp3) is 0.227. The molecule has 0 aliphatic rings. The maximum absolute atomic E-state index is 12.0. The second-order valence-electron chi connectivity index (χ2n) is 6.87. The number of aromatic nitrogens is 3. The molecule has 0 saturated carbocycles. The Morgan fingerprint density at radius 1 is 1.10 bits per heavy atom. The highest BCUT2D eigenvalue weighted by atomic mass is 35.5. The third-order valence-electron chi connectivity index (χ3n) is 4.84. The van der Waals surface area contributed by atoms with Gasteiger partial charge >= 0.3 is 5.63 Å². The van der Waals surface area contributed by atoms with Crippen LogP contribution in [0, 0.1) is 0 Å². The van der Waals surface area contributed by atoms with Gasteiger partial charge in [-0.15, -0.1) is 10.2 Å². The van der Waals surface area contributed by atoms with Crippen LogP contribution in [-0.2, 0) is 25.8 Å². The molecule has 0 saturated heterocycles. The number of aryl methyl sites for hydroxylation is 1. The van der Waals surface area contributed by atoms with E-state index in [0.717, 1.165) is 22.9 Å². The Morgan fingerprint density at radius 2 is 1.87 bits per heavy atom. The van der Waals surface area contributed by atoms with Crippen LogP contribution >= 0.6 is 35.0 Å². The van der Waals surface area contributed by atoms with Gasteiger partial charge < -0.3 is 13.7 Å². The van der Waals surface area contributed by atoms with Gasteiger partial charge in [0, 0.05) is 34.3 Å². The third kappa shape index (κ3) is 4.89. The summed E-state index contributed by atoms with van der Waals surface area (Å²) >= 11 is 13.8. The number of hydrogen-bond donors (Lipinski definition) is 0. The van der Waals surface area contributed by atoms with Gasteiger partial charge in [-0.2, -0.15) is 0 Å². The first-order valence-electron chi connectivity index (χ1n) is 9.59. The van der Waals surface area contributed by atoms with E-state index < -0.39 is 0 Å². The zero-order valence-corrected chi connectivity index (χ0v) is 19.2. The zero-order valence-electron chi connectivity index (χ0n) is 16.9. The van der Waals surface area contributed by atoms with Crippen LogP contribution in [0.5, 0.6) is 5.75 Å². The average Bonchev–Trinajstić information content (AvgIpc) is 3.11. The van der Waals surface area contributed by atoms with Crippen molar-refractivity contribution in [2.75, 3.05) is 0 Å². The Hall–Kier alpha value is -2.48. The van der Waals surface area contributed by atoms with Crippen LogP contribution in [0.25, 0.3) is 11.0 Å². The monoisotopic (exact) mass is 475 g/mol. The van der Waals surface area contributed by atoms with Crippen molar-refractivity contribution in [1.82, 2.24) is 14.8 Å². The Balaban J connectivity index is 1.51. The molecule has 0 atom stereocenters. The molecule has 0 N–H and O–H groups in total. The van der Waals surface area contributed by atoms with Gasteiger partial charge in [0.05, 0.1) is 0 Å². The molecule has 0 unspecified atom stereocenters. The molecular formula is C22H19Cl2N3O3S. The van der Waals surface area contributed by atoms with Crippen molar-refractivity contribution < 1.29 is 9.15 Å². The first kappa shape index (κ1) is 21.7. The summed E-state index contributed by atoms with van der Waals surface area (Å²) in [6, 6.07) is 12.3. The van der Waals surface area contributed by atoms with Gasteiger partial charge in [-0.05, 0) is 53.9 Å². The number of benzene rings is 2. The van der Waals surface area contributed by atoms with Crippen molar-refractivity contribution in [2.24, 2.45) is 7.05 Å². The van der Waals surface area contributed by atoms with E-state index in [-0.39, 0.29) is 12.2 Å². The summed E-state index contributed by atoms with van der Waals surface area (Å²) in [5.41, 5.74) is 1.94. The number of hydrogen-bond acceptors (Lipinski definition) is 6. The van der Waals surface area contributed by atoms with Gasteiger partial charge in [0.1, 0.15) is 17.9 Å². The molecule has 0 spiro atoms. The summed E-state index contributed by atoms with van der Waals surface area (Å²) in [6.07, 6.45) is 0.761. The Labute approximate surface area is 193 Å². The number of ether oxygens (including phenoxy) is 1. The maximum Gasteiger partial charge on any atom is 0.336 e. The van der Waals surface area contributed by atoms with Crippen molar-refractivity contribution in [1.29, 1.82) is 0 Å². The number of fused-ring (bicyclic) bond motifs is 1. The summed E-state index contributed by atoms with van der Waals surface area (Å²) in [5.74, 6) is 1.91. The topological polar surface area (TPSA) is 70.2 Å². The van der Waals surface area contributed by atoms with Crippen LogP contribution < -0.4 is 10.4 Å². The number of nitrogens with zero attached hydrogens (tertiary/aromatic N) is 3. The van der Waals surface area contributed by atoms with Crippen molar-refractivity contribution >= 4 is 45.9 Å². The highest BCUT2D eigenvalue weighted by molar-refractivity contribution is 7.98. The van der Waals surface area contributed by atoms with Crippen LogP contribution in [0.3, 0.4) is 0 Å². The fourth-order valence-electron chi connectivity index (χ4n) is 3.10. The van der Waals surface area contributed by atoms with E-state index in [4.69, 9.17) is 32.4 Å². The van der Waals surface area contributed by atoms with E-state index in [1.54, 1.807) is 24.3 Å². The molecule has 9 heteroatoms. The van der Waals surface area contributed by atoms with Gasteiger partial charge in [-0.25, -0.2) is 4.79 Å². The predicted octanol–water partition coefficient (Wildman–Crippen LogP) is 5.66. The van der Waals surface area contributed by atoms with Crippen molar-refractivity contribution in [3.8, 4) is 5.75 Å². The lowest BCUT2D eigenvalue weighted by atomic mass is 10.1. The van der Waals surface area contributed by atoms with E-state index in [1.165, 1.54) is 17.8 Å². The lowest BCUT2D eigenvalue weighted by molar-refractivity contribution is 0.290. The molecule has 0 radical (unpaired) electrons. The standard InChI is InChI=1S/C22H19Cl2N3O3S/c1-3-13-8-19-17(10-18(13)24)14(9-21(28)30-19)12-31-22-26-25-20(27(22)2)11-29-16-6-4-15(23)5-7-16/h4-10H,3,11-12H2,1-2H3. The van der Waals surface area contributed by atoms with Crippen LogP contribution in [0.15, 0.2) is 56.8 Å². The van der Waals surface area contributed by atoms with Crippen LogP contribution in [0.2, 0.25) is 10.0 Å². The third-order valence-corrected chi connectivity index (χ3v) is 6.51. The van der Waals surface area contributed by atoms with Gasteiger partial charge in [0.25, 0.3) is 0 Å². The minimum absolute atomic E-state index is 0.277. The van der Waals surface area contributed by atoms with Gasteiger partial charge in [-0.3, -0.25) is 0 Å². The van der Waals surface area contributed by atoms with Crippen LogP contribution in [0.4, 0.5) is 0 Å². The summed E-state index contributed by atoms with van der Waals surface area (Å²) in [5, 5.41) is 11.3. The quantitative estimate of drug-likeness (QED) is 0.253. The molecular weight excluding hydrogens is 457 g/mol. The molecule has 4 aromatic rings. The second kappa shape index (κ2) is 9.34. The highest BCUT2D eigenvalue weighted by Gasteiger charge is 2.14. The Kier molecular flexibility index (Phi) is 6.55. The predicted molar refractivity (Wildman–Crippen MR) is 123 cm³/mol. The summed E-state index contributed by atoms with van der Waals surface area (Å²) in [6.45, 7) is 2.28. The van der Waals surface area contributed by atoms with Gasteiger partial charge in [0.2, 0.25) is 0 Å². The molecule has 31 heavy (non-hydrogen) atoms. The minimum Gasteiger partial charge on any atom is -0.486 e. The molecule has 2 heterocycles. The minimum atomic E-state index is -0.387. The average molecular weight is 476 g/mol. The van der Waals surface area contributed by atoms with Crippen LogP contribution in [-0.4, -0.2) is 14.8 Å². The molecule has 0 bridgehead atoms. The molecule has 2 aromatic heterocycles. The second-order valence-corrected chi connectivity index (χ2v) is 8.66. The molecule has 4 rings (SSSR count). The first-order chi connectivity index (χ1) is 14.9. The van der Waals surface area contributed by atoms with Crippen molar-refractivity contribution in [3.05, 3.63) is 79.9 Å². The Bertz CT molecular complexity index is 1290.